The van der Waals surface area contributed by atoms with Crippen LogP contribution in [0.15, 0.2) is 326 Å². The van der Waals surface area contributed by atoms with E-state index in [1.165, 1.54) is 0 Å². The summed E-state index contributed by atoms with van der Waals surface area (Å²) < 4.78 is 0. The van der Waals surface area contributed by atoms with Gasteiger partial charge in [-0.2, -0.15) is 0 Å². The minimum Gasteiger partial charge on any atom is -0.289 e. The van der Waals surface area contributed by atoms with Gasteiger partial charge in [0.1, 0.15) is 0 Å². The fraction of sp³-hybridized carbons (Fsp3) is 0.0455. The average molecular weight is 1150 g/mol. The minimum absolute atomic E-state index is 0.0147. The summed E-state index contributed by atoms with van der Waals surface area (Å²) in [5.41, 5.74) is 20.1. The molecule has 0 spiro atoms. The third kappa shape index (κ3) is 13.5. The Labute approximate surface area is 528 Å². The van der Waals surface area contributed by atoms with Crippen LogP contribution in [0.2, 0.25) is 0 Å². The molecule has 0 heterocycles. The van der Waals surface area contributed by atoms with Crippen molar-refractivity contribution >= 4 is 33.9 Å². The molecule has 2 aliphatic carbocycles. The number of Topliss-reactive ketones (excluding diaryl/α,β-unsaturated/α-hetero) is 2. The van der Waals surface area contributed by atoms with E-state index in [1.54, 1.807) is 0 Å². The molecule has 422 valence electrons. The maximum atomic E-state index is 16.1. The van der Waals surface area contributed by atoms with Crippen LogP contribution in [0.3, 0.4) is 0 Å². The lowest BCUT2D eigenvalue weighted by atomic mass is 9.84. The van der Waals surface area contributed by atoms with E-state index in [1.807, 2.05) is 206 Å². The van der Waals surface area contributed by atoms with Gasteiger partial charge in [0, 0.05) is 92.5 Å². The van der Waals surface area contributed by atoms with Crippen molar-refractivity contribution < 1.29 is 9.59 Å². The Hall–Kier alpha value is -12.0. The molecule has 0 atom stereocenters. The molecule has 0 amide bonds. The number of carbonyl (C=O) groups excluding carboxylic acids is 2. The smallest absolute Gasteiger partial charge is 0.186 e. The molecule has 0 aromatic heterocycles. The van der Waals surface area contributed by atoms with E-state index in [0.29, 0.717) is 48.0 Å². The zero-order valence-corrected chi connectivity index (χ0v) is 49.5. The van der Waals surface area contributed by atoms with Crippen molar-refractivity contribution in [2.24, 2.45) is 0 Å². The number of rotatable bonds is 12. The summed E-state index contributed by atoms with van der Waals surface area (Å²) in [5, 5.41) is 0. The molecule has 0 saturated carbocycles. The molecule has 0 aliphatic heterocycles. The van der Waals surface area contributed by atoms with E-state index in [9.17, 15) is 0 Å². The number of ketones is 2. The summed E-state index contributed by atoms with van der Waals surface area (Å²) in [4.78, 5) is 32.1. The molecule has 0 fully saturated rings. The summed E-state index contributed by atoms with van der Waals surface area (Å²) in [6.07, 6.45) is 1.53. The highest BCUT2D eigenvalue weighted by atomic mass is 16.1. The Kier molecular flexibility index (Phi) is 17.2. The zero-order valence-electron chi connectivity index (χ0n) is 49.5. The van der Waals surface area contributed by atoms with E-state index in [-0.39, 0.29) is 11.6 Å². The molecule has 2 aliphatic rings. The second kappa shape index (κ2) is 27.1. The molecule has 11 aromatic carbocycles. The average Bonchev–Trinajstić information content (AvgIpc) is 1.62. The van der Waals surface area contributed by atoms with Crippen LogP contribution in [0.1, 0.15) is 89.0 Å². The Morgan fingerprint density at radius 1 is 0.189 bits per heavy atom. The fourth-order valence-electron chi connectivity index (χ4n) is 11.9. The lowest BCUT2D eigenvalue weighted by Crippen LogP contribution is -2.08. The first-order chi connectivity index (χ1) is 44.4. The van der Waals surface area contributed by atoms with Crippen molar-refractivity contribution in [1.82, 2.24) is 0 Å². The molecule has 90 heavy (non-hydrogen) atoms. The highest BCUT2D eigenvalue weighted by molar-refractivity contribution is 6.34. The molecule has 2 heteroatoms. The van der Waals surface area contributed by atoms with Crippen molar-refractivity contribution in [3.05, 3.63) is 415 Å². The van der Waals surface area contributed by atoms with Crippen LogP contribution >= 0.6 is 0 Å². The first kappa shape index (κ1) is 57.1. The topological polar surface area (TPSA) is 34.1 Å². The Balaban J connectivity index is 1.06. The number of hydrogen-bond donors (Lipinski definition) is 0. The summed E-state index contributed by atoms with van der Waals surface area (Å²) >= 11 is 0. The van der Waals surface area contributed by atoms with Gasteiger partial charge in [-0.3, -0.25) is 9.59 Å². The highest BCUT2D eigenvalue weighted by Crippen LogP contribution is 2.49. The zero-order chi connectivity index (χ0) is 60.9. The van der Waals surface area contributed by atoms with Gasteiger partial charge in [0.15, 0.2) is 11.6 Å². The summed E-state index contributed by atoms with van der Waals surface area (Å²) in [6.45, 7) is 0. The number of carbonyl (C=O) groups is 2. The lowest BCUT2D eigenvalue weighted by molar-refractivity contribution is -0.112. The van der Waals surface area contributed by atoms with E-state index in [2.05, 4.69) is 144 Å². The largest absolute Gasteiger partial charge is 0.289 e. The molecule has 11 aromatic rings. The first-order valence-electron chi connectivity index (χ1n) is 30.3. The van der Waals surface area contributed by atoms with Gasteiger partial charge in [0.05, 0.1) is 0 Å². The van der Waals surface area contributed by atoms with Crippen LogP contribution in [0.25, 0.3) is 22.3 Å². The van der Waals surface area contributed by atoms with Crippen LogP contribution in [-0.4, -0.2) is 11.6 Å². The molecule has 0 N–H and O–H groups in total. The molecule has 0 radical (unpaired) electrons. The van der Waals surface area contributed by atoms with Gasteiger partial charge in [-0.1, -0.05) is 260 Å². The van der Waals surface area contributed by atoms with E-state index < -0.39 is 0 Å². The first-order valence-corrected chi connectivity index (χ1v) is 30.3. The number of hydrogen-bond acceptors (Lipinski definition) is 2. The lowest BCUT2D eigenvalue weighted by Gasteiger charge is -2.18. The van der Waals surface area contributed by atoms with Crippen LogP contribution in [0.4, 0.5) is 0 Å². The molecule has 0 unspecified atom stereocenters. The molecule has 0 saturated heterocycles. The van der Waals surface area contributed by atoms with Crippen LogP contribution in [-0.2, 0) is 35.3 Å². The second-order valence-electron chi connectivity index (χ2n) is 22.4. The summed E-state index contributed by atoms with van der Waals surface area (Å²) in [6, 6.07) is 102. The van der Waals surface area contributed by atoms with Gasteiger partial charge < -0.3 is 0 Å². The number of benzene rings is 11. The highest BCUT2D eigenvalue weighted by Gasteiger charge is 2.37. The molecule has 2 nitrogen and oxygen atoms in total. The van der Waals surface area contributed by atoms with Gasteiger partial charge in [0.2, 0.25) is 0 Å². The minimum atomic E-state index is -0.0147. The van der Waals surface area contributed by atoms with Gasteiger partial charge in [-0.15, -0.1) is 0 Å². The SMILES string of the molecule is O=C1C(Cc2ccccc2)=C(c2cc(C#Cc3ccccc3)cc(C#Cc3ccccc3)c2)C(c2cccc(C3=C(Cc4ccccc4)C(=O)C(Cc4ccccc4)=C3c3cc(C#Cc4ccccc4)cc(C#Cc4ccccc4)c3)c2)=C1Cc1ccccc1. The van der Waals surface area contributed by atoms with Gasteiger partial charge in [0.25, 0.3) is 0 Å². The predicted octanol–water partition coefficient (Wildman–Crippen LogP) is 17.8. The molecule has 13 rings (SSSR count). The Bertz CT molecular complexity index is 4440. The van der Waals surface area contributed by atoms with Crippen LogP contribution < -0.4 is 0 Å². The van der Waals surface area contributed by atoms with Crippen LogP contribution in [0, 0.1) is 47.4 Å². The summed E-state index contributed by atoms with van der Waals surface area (Å²) in [5.74, 6) is 27.6. The maximum Gasteiger partial charge on any atom is 0.186 e. The van der Waals surface area contributed by atoms with Crippen molar-refractivity contribution in [2.45, 2.75) is 25.7 Å². The standard InChI is InChI=1S/C88H58O2/c89-87-79(58-67-34-17-5-18-35-67)83(85(81(87)60-69-38-21-7-22-39-69)77-54-71(48-44-63-26-9-1-10-27-63)52-72(55-77)49-45-64-28-11-2-12-29-64)75-42-25-43-76(62-75)84-80(59-68-36-19-6-20-37-68)88(90)82(61-70-40-23-8-24-41-70)86(84)78-56-73(50-46-65-30-13-3-14-31-65)53-74(57-78)51-47-66-32-15-4-16-33-66/h1-43,52-57,62H,58-61H2. The van der Waals surface area contributed by atoms with Gasteiger partial charge in [-0.25, -0.2) is 0 Å². The van der Waals surface area contributed by atoms with Crippen molar-refractivity contribution in [2.75, 3.05) is 0 Å². The van der Waals surface area contributed by atoms with Crippen LogP contribution in [0.5, 0.6) is 0 Å². The normalized spacial score (nSPS) is 12.6. The van der Waals surface area contributed by atoms with E-state index >= 15 is 9.59 Å². The second-order valence-corrected chi connectivity index (χ2v) is 22.4. The Morgan fingerprint density at radius 3 is 0.644 bits per heavy atom. The maximum absolute atomic E-state index is 16.1. The van der Waals surface area contributed by atoms with Gasteiger partial charge >= 0.3 is 0 Å². The quantitative estimate of drug-likeness (QED) is 0.114. The van der Waals surface area contributed by atoms with Crippen molar-refractivity contribution in [3.63, 3.8) is 0 Å². The van der Waals surface area contributed by atoms with Crippen molar-refractivity contribution in [3.8, 4) is 47.4 Å². The van der Waals surface area contributed by atoms with Crippen molar-refractivity contribution in [1.29, 1.82) is 0 Å². The van der Waals surface area contributed by atoms with E-state index in [4.69, 9.17) is 0 Å². The third-order valence-corrected chi connectivity index (χ3v) is 16.1. The fourth-order valence-corrected chi connectivity index (χ4v) is 11.9. The molecular formula is C88H58O2. The molecular weight excluding hydrogens is 1090 g/mol. The monoisotopic (exact) mass is 1150 g/mol. The van der Waals surface area contributed by atoms with Gasteiger partial charge in [-0.05, 0) is 158 Å². The molecule has 0 bridgehead atoms. The summed E-state index contributed by atoms with van der Waals surface area (Å²) in [7, 11) is 0. The Morgan fingerprint density at radius 2 is 0.400 bits per heavy atom. The third-order valence-electron chi connectivity index (χ3n) is 16.1. The predicted molar refractivity (Wildman–Crippen MR) is 367 cm³/mol. The number of allylic oxidation sites excluding steroid dienone is 8. The van der Waals surface area contributed by atoms with E-state index in [0.717, 1.165) is 111 Å².